The number of carbonyl (C=O) groups is 1. The standard InChI is InChI=1S/C19H23N3O2S/c1-14-16(18(23)24-3)10-7-11-17(14)21-19(25)20-12-13-22(2)15-8-5-4-6-9-15/h4-11H,12-13H2,1-3H3,(H2,20,21,25). The molecule has 132 valence electrons. The highest BCUT2D eigenvalue weighted by atomic mass is 32.1. The lowest BCUT2D eigenvalue weighted by Crippen LogP contribution is -2.35. The molecular formula is C19H23N3O2S. The molecule has 2 N–H and O–H groups in total. The third kappa shape index (κ3) is 5.19. The van der Waals surface area contributed by atoms with Gasteiger partial charge in [0.1, 0.15) is 0 Å². The van der Waals surface area contributed by atoms with E-state index in [-0.39, 0.29) is 5.97 Å². The highest BCUT2D eigenvalue weighted by molar-refractivity contribution is 7.80. The lowest BCUT2D eigenvalue weighted by molar-refractivity contribution is 0.0600. The van der Waals surface area contributed by atoms with Gasteiger partial charge in [-0.3, -0.25) is 0 Å². The summed E-state index contributed by atoms with van der Waals surface area (Å²) in [6.07, 6.45) is 0. The molecule has 25 heavy (non-hydrogen) atoms. The Kier molecular flexibility index (Phi) is 6.77. The van der Waals surface area contributed by atoms with Gasteiger partial charge < -0.3 is 20.3 Å². The predicted octanol–water partition coefficient (Wildman–Crippen LogP) is 3.20. The topological polar surface area (TPSA) is 53.6 Å². The second kappa shape index (κ2) is 9.03. The molecule has 0 aliphatic carbocycles. The van der Waals surface area contributed by atoms with Gasteiger partial charge in [-0.25, -0.2) is 4.79 Å². The largest absolute Gasteiger partial charge is 0.465 e. The van der Waals surface area contributed by atoms with Crippen LogP contribution in [-0.2, 0) is 4.74 Å². The number of nitrogens with zero attached hydrogens (tertiary/aromatic N) is 1. The number of esters is 1. The van der Waals surface area contributed by atoms with Crippen molar-refractivity contribution in [2.75, 3.05) is 37.5 Å². The molecule has 0 aliphatic heterocycles. The van der Waals surface area contributed by atoms with E-state index in [2.05, 4.69) is 27.7 Å². The summed E-state index contributed by atoms with van der Waals surface area (Å²) < 4.78 is 4.79. The van der Waals surface area contributed by atoms with Crippen molar-refractivity contribution in [3.8, 4) is 0 Å². The van der Waals surface area contributed by atoms with Crippen LogP contribution in [0.4, 0.5) is 11.4 Å². The summed E-state index contributed by atoms with van der Waals surface area (Å²) in [5.74, 6) is -0.357. The molecule has 0 radical (unpaired) electrons. The summed E-state index contributed by atoms with van der Waals surface area (Å²) in [6, 6.07) is 15.6. The number of ether oxygens (including phenoxy) is 1. The van der Waals surface area contributed by atoms with Gasteiger partial charge in [0.15, 0.2) is 5.11 Å². The number of likely N-dealkylation sites (N-methyl/N-ethyl adjacent to an activating group) is 1. The first-order valence-corrected chi connectivity index (χ1v) is 8.42. The minimum absolute atomic E-state index is 0.357. The van der Waals surface area contributed by atoms with E-state index in [1.54, 1.807) is 12.1 Å². The molecular weight excluding hydrogens is 334 g/mol. The first-order valence-electron chi connectivity index (χ1n) is 8.02. The number of anilines is 2. The molecule has 2 aromatic rings. The predicted molar refractivity (Wildman–Crippen MR) is 106 cm³/mol. The number of thiocarbonyl (C=S) groups is 1. The number of hydrogen-bond donors (Lipinski definition) is 2. The van der Waals surface area contributed by atoms with Crippen LogP contribution >= 0.6 is 12.2 Å². The summed E-state index contributed by atoms with van der Waals surface area (Å²) in [5.41, 5.74) is 3.28. The van der Waals surface area contributed by atoms with E-state index in [0.717, 1.165) is 23.5 Å². The van der Waals surface area contributed by atoms with Gasteiger partial charge in [-0.05, 0) is 49.0 Å². The molecule has 5 nitrogen and oxygen atoms in total. The molecule has 2 aromatic carbocycles. The average molecular weight is 357 g/mol. The van der Waals surface area contributed by atoms with Crippen LogP contribution in [0.2, 0.25) is 0 Å². The van der Waals surface area contributed by atoms with Crippen molar-refractivity contribution < 1.29 is 9.53 Å². The number of hydrogen-bond acceptors (Lipinski definition) is 4. The Hall–Kier alpha value is -2.60. The molecule has 0 bridgehead atoms. The highest BCUT2D eigenvalue weighted by Gasteiger charge is 2.12. The van der Waals surface area contributed by atoms with Crippen molar-refractivity contribution in [3.63, 3.8) is 0 Å². The van der Waals surface area contributed by atoms with Crippen LogP contribution in [0.15, 0.2) is 48.5 Å². The quantitative estimate of drug-likeness (QED) is 0.612. The fourth-order valence-corrected chi connectivity index (χ4v) is 2.63. The minimum Gasteiger partial charge on any atom is -0.465 e. The summed E-state index contributed by atoms with van der Waals surface area (Å²) in [4.78, 5) is 13.9. The molecule has 0 heterocycles. The van der Waals surface area contributed by atoms with Gasteiger partial charge in [-0.15, -0.1) is 0 Å². The molecule has 0 fully saturated rings. The SMILES string of the molecule is COC(=O)c1cccc(NC(=S)NCCN(C)c2ccccc2)c1C. The maximum Gasteiger partial charge on any atom is 0.338 e. The normalized spacial score (nSPS) is 10.0. The lowest BCUT2D eigenvalue weighted by Gasteiger charge is -2.20. The van der Waals surface area contributed by atoms with Crippen molar-refractivity contribution in [1.29, 1.82) is 0 Å². The third-order valence-electron chi connectivity index (χ3n) is 3.92. The zero-order valence-electron chi connectivity index (χ0n) is 14.7. The summed E-state index contributed by atoms with van der Waals surface area (Å²) in [7, 11) is 3.41. The Morgan fingerprint density at radius 2 is 1.88 bits per heavy atom. The van der Waals surface area contributed by atoms with E-state index in [1.165, 1.54) is 7.11 Å². The van der Waals surface area contributed by atoms with Gasteiger partial charge >= 0.3 is 5.97 Å². The van der Waals surface area contributed by atoms with Crippen molar-refractivity contribution in [3.05, 3.63) is 59.7 Å². The van der Waals surface area contributed by atoms with Crippen LogP contribution in [0.5, 0.6) is 0 Å². The van der Waals surface area contributed by atoms with Crippen LogP contribution < -0.4 is 15.5 Å². The Morgan fingerprint density at radius 3 is 2.56 bits per heavy atom. The summed E-state index contributed by atoms with van der Waals surface area (Å²) in [6.45, 7) is 3.38. The molecule has 0 saturated heterocycles. The van der Waals surface area contributed by atoms with E-state index < -0.39 is 0 Å². The summed E-state index contributed by atoms with van der Waals surface area (Å²) >= 11 is 5.34. The Labute approximate surface area is 154 Å². The number of rotatable bonds is 6. The van der Waals surface area contributed by atoms with Crippen molar-refractivity contribution in [2.24, 2.45) is 0 Å². The Balaban J connectivity index is 1.87. The number of para-hydroxylation sites is 1. The van der Waals surface area contributed by atoms with Crippen molar-refractivity contribution in [2.45, 2.75) is 6.92 Å². The van der Waals surface area contributed by atoms with Crippen molar-refractivity contribution in [1.82, 2.24) is 5.32 Å². The van der Waals surface area contributed by atoms with E-state index in [1.807, 2.05) is 38.2 Å². The maximum atomic E-state index is 11.8. The van der Waals surface area contributed by atoms with Crippen LogP contribution in [-0.4, -0.2) is 38.3 Å². The van der Waals surface area contributed by atoms with E-state index in [9.17, 15) is 4.79 Å². The lowest BCUT2D eigenvalue weighted by atomic mass is 10.1. The molecule has 0 saturated carbocycles. The Morgan fingerprint density at radius 1 is 1.16 bits per heavy atom. The molecule has 0 amide bonds. The highest BCUT2D eigenvalue weighted by Crippen LogP contribution is 2.19. The van der Waals surface area contributed by atoms with Gasteiger partial charge in [-0.1, -0.05) is 24.3 Å². The minimum atomic E-state index is -0.357. The van der Waals surface area contributed by atoms with Gasteiger partial charge in [0.25, 0.3) is 0 Å². The van der Waals surface area contributed by atoms with E-state index >= 15 is 0 Å². The molecule has 2 rings (SSSR count). The molecule has 0 atom stereocenters. The zero-order valence-corrected chi connectivity index (χ0v) is 15.5. The summed E-state index contributed by atoms with van der Waals surface area (Å²) in [5, 5.41) is 6.84. The molecule has 0 unspecified atom stereocenters. The van der Waals surface area contributed by atoms with Crippen molar-refractivity contribution >= 4 is 34.7 Å². The Bertz CT molecular complexity index is 735. The van der Waals surface area contributed by atoms with Crippen LogP contribution in [0.3, 0.4) is 0 Å². The number of methoxy groups -OCH3 is 1. The van der Waals surface area contributed by atoms with Crippen LogP contribution in [0.1, 0.15) is 15.9 Å². The second-order valence-corrected chi connectivity index (χ2v) is 6.02. The fourth-order valence-electron chi connectivity index (χ4n) is 2.42. The van der Waals surface area contributed by atoms with E-state index in [4.69, 9.17) is 17.0 Å². The number of benzene rings is 2. The first-order chi connectivity index (χ1) is 12.0. The molecule has 0 aliphatic rings. The van der Waals surface area contributed by atoms with E-state index in [0.29, 0.717) is 17.2 Å². The first kappa shape index (κ1) is 18.7. The smallest absolute Gasteiger partial charge is 0.338 e. The second-order valence-electron chi connectivity index (χ2n) is 5.61. The zero-order chi connectivity index (χ0) is 18.2. The maximum absolute atomic E-state index is 11.8. The number of carbonyl (C=O) groups excluding carboxylic acids is 1. The van der Waals surface area contributed by atoms with Gasteiger partial charge in [-0.2, -0.15) is 0 Å². The van der Waals surface area contributed by atoms with Crippen LogP contribution in [0, 0.1) is 6.92 Å². The van der Waals surface area contributed by atoms with Gasteiger partial charge in [0.05, 0.1) is 12.7 Å². The van der Waals surface area contributed by atoms with Gasteiger partial charge in [0, 0.05) is 31.5 Å². The van der Waals surface area contributed by atoms with Crippen LogP contribution in [0.25, 0.3) is 0 Å². The monoisotopic (exact) mass is 357 g/mol. The molecule has 6 heteroatoms. The third-order valence-corrected chi connectivity index (χ3v) is 4.16. The average Bonchev–Trinajstić information content (AvgIpc) is 2.63. The van der Waals surface area contributed by atoms with Gasteiger partial charge in [0.2, 0.25) is 0 Å². The number of nitrogens with one attached hydrogen (secondary N) is 2. The molecule has 0 spiro atoms. The fraction of sp³-hybridized carbons (Fsp3) is 0.263. The molecule has 0 aromatic heterocycles.